The maximum absolute atomic E-state index is 13.4. The summed E-state index contributed by atoms with van der Waals surface area (Å²) in [5, 5.41) is 12.2. The topological polar surface area (TPSA) is 49.3 Å². The van der Waals surface area contributed by atoms with E-state index in [0.717, 1.165) is 12.8 Å². The van der Waals surface area contributed by atoms with Crippen LogP contribution >= 0.6 is 11.6 Å². The van der Waals surface area contributed by atoms with Crippen molar-refractivity contribution in [3.05, 3.63) is 34.6 Å². The van der Waals surface area contributed by atoms with Crippen LogP contribution < -0.4 is 5.32 Å². The van der Waals surface area contributed by atoms with Gasteiger partial charge in [0.2, 0.25) is 0 Å². The number of halogens is 2. The normalized spacial score (nSPS) is 16.8. The van der Waals surface area contributed by atoms with Gasteiger partial charge in [0.05, 0.1) is 0 Å². The van der Waals surface area contributed by atoms with Gasteiger partial charge in [0.25, 0.3) is 0 Å². The third kappa shape index (κ3) is 2.96. The van der Waals surface area contributed by atoms with Crippen molar-refractivity contribution in [1.82, 2.24) is 5.32 Å². The minimum Gasteiger partial charge on any atom is -0.480 e. The van der Waals surface area contributed by atoms with E-state index in [1.165, 1.54) is 12.1 Å². The van der Waals surface area contributed by atoms with E-state index < -0.39 is 17.8 Å². The standard InChI is InChI=1S/C12H13ClFNO2/c13-9-2-1-3-10(14)8(9)6-15-11(12(16)17)7-4-5-7/h1-3,7,11,15H,4-6H2,(H,16,17). The van der Waals surface area contributed by atoms with Crippen LogP contribution in [0.4, 0.5) is 4.39 Å². The smallest absolute Gasteiger partial charge is 0.320 e. The molecule has 0 radical (unpaired) electrons. The van der Waals surface area contributed by atoms with E-state index in [0.29, 0.717) is 10.6 Å². The molecule has 0 amide bonds. The highest BCUT2D eigenvalue weighted by Gasteiger charge is 2.35. The van der Waals surface area contributed by atoms with Crippen LogP contribution in [0.2, 0.25) is 5.02 Å². The van der Waals surface area contributed by atoms with Crippen molar-refractivity contribution in [2.24, 2.45) is 5.92 Å². The molecule has 3 nitrogen and oxygen atoms in total. The molecule has 1 saturated carbocycles. The lowest BCUT2D eigenvalue weighted by atomic mass is 10.1. The lowest BCUT2D eigenvalue weighted by Gasteiger charge is -2.14. The van der Waals surface area contributed by atoms with Crippen molar-refractivity contribution in [1.29, 1.82) is 0 Å². The molecule has 0 aromatic heterocycles. The number of benzene rings is 1. The summed E-state index contributed by atoms with van der Waals surface area (Å²) in [5.41, 5.74) is 0.320. The first-order valence-corrected chi connectivity index (χ1v) is 5.86. The monoisotopic (exact) mass is 257 g/mol. The number of hydrogen-bond acceptors (Lipinski definition) is 2. The quantitative estimate of drug-likeness (QED) is 0.852. The molecule has 1 aliphatic rings. The van der Waals surface area contributed by atoms with E-state index >= 15 is 0 Å². The number of carbonyl (C=O) groups is 1. The van der Waals surface area contributed by atoms with Crippen LogP contribution in [0.25, 0.3) is 0 Å². The summed E-state index contributed by atoms with van der Waals surface area (Å²) in [6.45, 7) is 0.138. The van der Waals surface area contributed by atoms with Gasteiger partial charge in [0, 0.05) is 17.1 Å². The third-order valence-corrected chi connectivity index (χ3v) is 3.27. The fourth-order valence-corrected chi connectivity index (χ4v) is 2.03. The van der Waals surface area contributed by atoms with Crippen LogP contribution in [0, 0.1) is 11.7 Å². The van der Waals surface area contributed by atoms with Crippen molar-refractivity contribution in [2.75, 3.05) is 0 Å². The summed E-state index contributed by atoms with van der Waals surface area (Å²) in [7, 11) is 0. The first-order valence-electron chi connectivity index (χ1n) is 5.48. The zero-order chi connectivity index (χ0) is 12.4. The SMILES string of the molecule is O=C(O)C(NCc1c(F)cccc1Cl)C1CC1. The first kappa shape index (κ1) is 12.3. The summed E-state index contributed by atoms with van der Waals surface area (Å²) in [6, 6.07) is 3.83. The molecule has 2 rings (SSSR count). The lowest BCUT2D eigenvalue weighted by Crippen LogP contribution is -2.38. The summed E-state index contributed by atoms with van der Waals surface area (Å²) in [4.78, 5) is 11.0. The Morgan fingerprint density at radius 1 is 1.59 bits per heavy atom. The van der Waals surface area contributed by atoms with E-state index in [1.54, 1.807) is 6.07 Å². The van der Waals surface area contributed by atoms with Gasteiger partial charge in [0.1, 0.15) is 11.9 Å². The van der Waals surface area contributed by atoms with E-state index in [1.807, 2.05) is 0 Å². The van der Waals surface area contributed by atoms with Crippen LogP contribution in [-0.2, 0) is 11.3 Å². The van der Waals surface area contributed by atoms with Gasteiger partial charge in [-0.05, 0) is 30.9 Å². The molecule has 1 fully saturated rings. The van der Waals surface area contributed by atoms with Crippen LogP contribution in [0.3, 0.4) is 0 Å². The molecular weight excluding hydrogens is 245 g/mol. The Morgan fingerprint density at radius 3 is 2.82 bits per heavy atom. The molecule has 0 bridgehead atoms. The molecule has 0 saturated heterocycles. The largest absolute Gasteiger partial charge is 0.480 e. The zero-order valence-electron chi connectivity index (χ0n) is 9.12. The Bertz CT molecular complexity index is 414. The number of nitrogens with one attached hydrogen (secondary N) is 1. The van der Waals surface area contributed by atoms with Gasteiger partial charge < -0.3 is 5.11 Å². The molecular formula is C12H13ClFNO2. The predicted molar refractivity (Wildman–Crippen MR) is 62.4 cm³/mol. The molecule has 1 aromatic carbocycles. The number of rotatable bonds is 5. The van der Waals surface area contributed by atoms with E-state index in [4.69, 9.17) is 16.7 Å². The average molecular weight is 258 g/mol. The average Bonchev–Trinajstić information content (AvgIpc) is 3.06. The van der Waals surface area contributed by atoms with Crippen LogP contribution in [0.5, 0.6) is 0 Å². The molecule has 17 heavy (non-hydrogen) atoms. The Balaban J connectivity index is 2.03. The van der Waals surface area contributed by atoms with Gasteiger partial charge in [0.15, 0.2) is 0 Å². The zero-order valence-corrected chi connectivity index (χ0v) is 9.88. The maximum atomic E-state index is 13.4. The molecule has 1 aromatic rings. The molecule has 1 aliphatic carbocycles. The molecule has 2 N–H and O–H groups in total. The van der Waals surface area contributed by atoms with Crippen molar-refractivity contribution in [3.63, 3.8) is 0 Å². The van der Waals surface area contributed by atoms with Crippen molar-refractivity contribution in [2.45, 2.75) is 25.4 Å². The first-order chi connectivity index (χ1) is 8.09. The predicted octanol–water partition coefficient (Wildman–Crippen LogP) is 2.43. The van der Waals surface area contributed by atoms with Gasteiger partial charge in [-0.3, -0.25) is 10.1 Å². The molecule has 0 spiro atoms. The van der Waals surface area contributed by atoms with Crippen LogP contribution in [0.1, 0.15) is 18.4 Å². The van der Waals surface area contributed by atoms with E-state index in [9.17, 15) is 9.18 Å². The molecule has 0 heterocycles. The third-order valence-electron chi connectivity index (χ3n) is 2.92. The maximum Gasteiger partial charge on any atom is 0.320 e. The van der Waals surface area contributed by atoms with Crippen LogP contribution in [0.15, 0.2) is 18.2 Å². The van der Waals surface area contributed by atoms with Gasteiger partial charge in [-0.15, -0.1) is 0 Å². The Hall–Kier alpha value is -1.13. The van der Waals surface area contributed by atoms with Gasteiger partial charge in [-0.25, -0.2) is 4.39 Å². The second kappa shape index (κ2) is 5.02. The second-order valence-electron chi connectivity index (χ2n) is 4.23. The van der Waals surface area contributed by atoms with Crippen molar-refractivity contribution < 1.29 is 14.3 Å². The van der Waals surface area contributed by atoms with E-state index in [2.05, 4.69) is 5.32 Å². The fourth-order valence-electron chi connectivity index (χ4n) is 1.80. The highest BCUT2D eigenvalue weighted by atomic mass is 35.5. The lowest BCUT2D eigenvalue weighted by molar-refractivity contribution is -0.140. The molecule has 0 aliphatic heterocycles. The minimum absolute atomic E-state index is 0.138. The van der Waals surface area contributed by atoms with Gasteiger partial charge in [-0.1, -0.05) is 17.7 Å². The van der Waals surface area contributed by atoms with E-state index in [-0.39, 0.29) is 12.5 Å². The summed E-state index contributed by atoms with van der Waals surface area (Å²) >= 11 is 5.86. The number of aliphatic carboxylic acids is 1. The molecule has 1 unspecified atom stereocenters. The Morgan fingerprint density at radius 2 is 2.29 bits per heavy atom. The summed E-state index contributed by atoms with van der Waals surface area (Å²) in [6.07, 6.45) is 1.82. The van der Waals surface area contributed by atoms with Gasteiger partial charge in [-0.2, -0.15) is 0 Å². The number of hydrogen-bond donors (Lipinski definition) is 2. The minimum atomic E-state index is -0.889. The number of carboxylic acids is 1. The van der Waals surface area contributed by atoms with Crippen molar-refractivity contribution >= 4 is 17.6 Å². The second-order valence-corrected chi connectivity index (χ2v) is 4.64. The fraction of sp³-hybridized carbons (Fsp3) is 0.417. The summed E-state index contributed by atoms with van der Waals surface area (Å²) in [5.74, 6) is -1.14. The molecule has 92 valence electrons. The van der Waals surface area contributed by atoms with Crippen LogP contribution in [-0.4, -0.2) is 17.1 Å². The highest BCUT2D eigenvalue weighted by molar-refractivity contribution is 6.31. The number of carboxylic acid groups (broad SMARTS) is 1. The Kier molecular flexibility index (Phi) is 3.64. The molecule has 5 heteroatoms. The molecule has 1 atom stereocenters. The summed E-state index contributed by atoms with van der Waals surface area (Å²) < 4.78 is 13.4. The van der Waals surface area contributed by atoms with Crippen molar-refractivity contribution in [3.8, 4) is 0 Å². The highest BCUT2D eigenvalue weighted by Crippen LogP contribution is 2.33. The van der Waals surface area contributed by atoms with Gasteiger partial charge >= 0.3 is 5.97 Å². The Labute approximate surface area is 104 Å².